The lowest BCUT2D eigenvalue weighted by Gasteiger charge is -2.25. The average Bonchev–Trinajstić information content (AvgIpc) is 2.36. The number of carbonyl (C=O) groups excluding carboxylic acids is 1. The summed E-state index contributed by atoms with van der Waals surface area (Å²) in [7, 11) is 0. The number of halogens is 2. The monoisotopic (exact) mass is 283 g/mol. The molecule has 2 atom stereocenters. The number of benzene rings is 1. The summed E-state index contributed by atoms with van der Waals surface area (Å²) in [5.41, 5.74) is 0.705. The van der Waals surface area contributed by atoms with Gasteiger partial charge in [-0.25, -0.2) is 4.39 Å². The molecule has 0 aromatic heterocycles. The summed E-state index contributed by atoms with van der Waals surface area (Å²) in [6.45, 7) is 0.678. The van der Waals surface area contributed by atoms with E-state index in [4.69, 9.17) is 11.6 Å². The van der Waals surface area contributed by atoms with Gasteiger partial charge in [-0.2, -0.15) is 0 Å². The van der Waals surface area contributed by atoms with E-state index >= 15 is 0 Å². The number of amides is 1. The molecule has 1 aromatic carbocycles. The number of nitrogens with one attached hydrogen (secondary N) is 1. The standard InChI is InChI=1S/C15H19ClFNO/c16-13-5-1-4-12(7-13)10-18-15(19)9-11-3-2-6-14(17)8-11/h2-3,6,8,12-13H,1,4-5,7,9-10H2,(H,18,19). The van der Waals surface area contributed by atoms with Crippen LogP contribution in [-0.2, 0) is 11.2 Å². The second-order valence-electron chi connectivity index (χ2n) is 5.24. The van der Waals surface area contributed by atoms with Crippen molar-refractivity contribution in [3.63, 3.8) is 0 Å². The topological polar surface area (TPSA) is 29.1 Å². The Bertz CT molecular complexity index is 438. The van der Waals surface area contributed by atoms with Crippen LogP contribution in [0.25, 0.3) is 0 Å². The first-order chi connectivity index (χ1) is 9.13. The van der Waals surface area contributed by atoms with Crippen molar-refractivity contribution in [2.24, 2.45) is 5.92 Å². The Morgan fingerprint density at radius 1 is 1.42 bits per heavy atom. The number of hydrogen-bond donors (Lipinski definition) is 1. The highest BCUT2D eigenvalue weighted by molar-refractivity contribution is 6.20. The highest BCUT2D eigenvalue weighted by atomic mass is 35.5. The maximum atomic E-state index is 13.0. The normalized spacial score (nSPS) is 23.1. The van der Waals surface area contributed by atoms with E-state index in [-0.39, 0.29) is 23.5 Å². The van der Waals surface area contributed by atoms with Gasteiger partial charge in [0.2, 0.25) is 5.91 Å². The Morgan fingerprint density at radius 3 is 3.00 bits per heavy atom. The fourth-order valence-corrected chi connectivity index (χ4v) is 2.97. The van der Waals surface area contributed by atoms with Gasteiger partial charge in [-0.1, -0.05) is 18.6 Å². The molecule has 1 aliphatic rings. The van der Waals surface area contributed by atoms with Crippen LogP contribution in [0.15, 0.2) is 24.3 Å². The molecule has 1 N–H and O–H groups in total. The van der Waals surface area contributed by atoms with Crippen LogP contribution in [0.5, 0.6) is 0 Å². The first-order valence-corrected chi connectivity index (χ1v) is 7.22. The van der Waals surface area contributed by atoms with Gasteiger partial charge in [-0.3, -0.25) is 4.79 Å². The lowest BCUT2D eigenvalue weighted by atomic mass is 9.89. The predicted molar refractivity (Wildman–Crippen MR) is 74.7 cm³/mol. The molecule has 0 aliphatic heterocycles. The van der Waals surface area contributed by atoms with Crippen LogP contribution in [0.3, 0.4) is 0 Å². The summed E-state index contributed by atoms with van der Waals surface area (Å²) in [4.78, 5) is 11.8. The van der Waals surface area contributed by atoms with Crippen LogP contribution in [-0.4, -0.2) is 17.8 Å². The molecule has 0 heterocycles. The lowest BCUT2D eigenvalue weighted by molar-refractivity contribution is -0.120. The predicted octanol–water partition coefficient (Wildman–Crippen LogP) is 3.28. The molecule has 1 aromatic rings. The van der Waals surface area contributed by atoms with E-state index in [1.165, 1.54) is 12.1 Å². The van der Waals surface area contributed by atoms with E-state index in [9.17, 15) is 9.18 Å². The zero-order valence-electron chi connectivity index (χ0n) is 10.9. The molecule has 1 saturated carbocycles. The lowest BCUT2D eigenvalue weighted by Crippen LogP contribution is -2.32. The largest absolute Gasteiger partial charge is 0.356 e. The third-order valence-electron chi connectivity index (χ3n) is 3.56. The number of rotatable bonds is 4. The third-order valence-corrected chi connectivity index (χ3v) is 3.96. The van der Waals surface area contributed by atoms with E-state index in [1.807, 2.05) is 0 Å². The van der Waals surface area contributed by atoms with Crippen LogP contribution in [0.2, 0.25) is 0 Å². The molecule has 0 radical (unpaired) electrons. The SMILES string of the molecule is O=C(Cc1cccc(F)c1)NCC1CCCC(Cl)C1. The van der Waals surface area contributed by atoms with E-state index in [2.05, 4.69) is 5.32 Å². The summed E-state index contributed by atoms with van der Waals surface area (Å²) in [5.74, 6) is 0.123. The minimum Gasteiger partial charge on any atom is -0.356 e. The van der Waals surface area contributed by atoms with E-state index in [0.29, 0.717) is 18.0 Å². The Balaban J connectivity index is 1.75. The van der Waals surface area contributed by atoms with Gasteiger partial charge in [0, 0.05) is 11.9 Å². The molecule has 1 fully saturated rings. The maximum absolute atomic E-state index is 13.0. The van der Waals surface area contributed by atoms with Gasteiger partial charge in [0.05, 0.1) is 6.42 Å². The fraction of sp³-hybridized carbons (Fsp3) is 0.533. The number of carbonyl (C=O) groups is 1. The Labute approximate surface area is 118 Å². The van der Waals surface area contributed by atoms with E-state index < -0.39 is 0 Å². The van der Waals surface area contributed by atoms with Gasteiger partial charge >= 0.3 is 0 Å². The van der Waals surface area contributed by atoms with Crippen molar-refractivity contribution in [3.8, 4) is 0 Å². The molecule has 2 rings (SSSR count). The highest BCUT2D eigenvalue weighted by Crippen LogP contribution is 2.27. The second-order valence-corrected chi connectivity index (χ2v) is 5.86. The summed E-state index contributed by atoms with van der Waals surface area (Å²) >= 11 is 6.12. The van der Waals surface area contributed by atoms with Gasteiger partial charge in [0.25, 0.3) is 0 Å². The van der Waals surface area contributed by atoms with Gasteiger partial charge < -0.3 is 5.32 Å². The summed E-state index contributed by atoms with van der Waals surface area (Å²) in [6.07, 6.45) is 4.55. The molecule has 4 heteroatoms. The van der Waals surface area contributed by atoms with Crippen molar-refractivity contribution in [3.05, 3.63) is 35.6 Å². The van der Waals surface area contributed by atoms with E-state index in [1.54, 1.807) is 12.1 Å². The van der Waals surface area contributed by atoms with Gasteiger partial charge in [0.15, 0.2) is 0 Å². The highest BCUT2D eigenvalue weighted by Gasteiger charge is 2.20. The molecule has 19 heavy (non-hydrogen) atoms. The Morgan fingerprint density at radius 2 is 2.26 bits per heavy atom. The quantitative estimate of drug-likeness (QED) is 0.844. The van der Waals surface area contributed by atoms with Crippen molar-refractivity contribution in [1.29, 1.82) is 0 Å². The molecule has 1 amide bonds. The second kappa shape index (κ2) is 6.90. The fourth-order valence-electron chi connectivity index (χ4n) is 2.56. The molecular weight excluding hydrogens is 265 g/mol. The Hall–Kier alpha value is -1.09. The van der Waals surface area contributed by atoms with Crippen LogP contribution in [0.4, 0.5) is 4.39 Å². The van der Waals surface area contributed by atoms with Gasteiger partial charge in [0.1, 0.15) is 5.82 Å². The molecular formula is C15H19ClFNO. The molecule has 0 saturated heterocycles. The van der Waals surface area contributed by atoms with Crippen molar-refractivity contribution in [2.75, 3.05) is 6.54 Å². The van der Waals surface area contributed by atoms with Crippen LogP contribution in [0, 0.1) is 11.7 Å². The molecule has 2 unspecified atom stereocenters. The molecule has 104 valence electrons. The first-order valence-electron chi connectivity index (χ1n) is 6.78. The van der Waals surface area contributed by atoms with Crippen LogP contribution >= 0.6 is 11.6 Å². The Kier molecular flexibility index (Phi) is 5.20. The van der Waals surface area contributed by atoms with Crippen molar-refractivity contribution in [2.45, 2.75) is 37.5 Å². The van der Waals surface area contributed by atoms with Gasteiger partial charge in [-0.05, 0) is 42.9 Å². The zero-order valence-corrected chi connectivity index (χ0v) is 11.6. The summed E-state index contributed by atoms with van der Waals surface area (Å²) in [6, 6.07) is 6.16. The van der Waals surface area contributed by atoms with Crippen LogP contribution < -0.4 is 5.32 Å². The van der Waals surface area contributed by atoms with Gasteiger partial charge in [-0.15, -0.1) is 11.6 Å². The summed E-state index contributed by atoms with van der Waals surface area (Å²) in [5, 5.41) is 3.17. The third kappa shape index (κ3) is 4.83. The average molecular weight is 284 g/mol. The molecule has 2 nitrogen and oxygen atoms in total. The molecule has 0 spiro atoms. The minimum absolute atomic E-state index is 0.0534. The minimum atomic E-state index is -0.303. The van der Waals surface area contributed by atoms with Crippen LogP contribution in [0.1, 0.15) is 31.2 Å². The van der Waals surface area contributed by atoms with Crippen molar-refractivity contribution in [1.82, 2.24) is 5.32 Å². The number of alkyl halides is 1. The summed E-state index contributed by atoms with van der Waals surface area (Å²) < 4.78 is 13.0. The smallest absolute Gasteiger partial charge is 0.224 e. The van der Waals surface area contributed by atoms with Crippen molar-refractivity contribution < 1.29 is 9.18 Å². The molecule has 0 bridgehead atoms. The van der Waals surface area contributed by atoms with Crippen molar-refractivity contribution >= 4 is 17.5 Å². The van der Waals surface area contributed by atoms with E-state index in [0.717, 1.165) is 25.7 Å². The zero-order chi connectivity index (χ0) is 13.7. The first kappa shape index (κ1) is 14.3. The number of hydrogen-bond acceptors (Lipinski definition) is 1. The molecule has 1 aliphatic carbocycles. The maximum Gasteiger partial charge on any atom is 0.224 e.